The summed E-state index contributed by atoms with van der Waals surface area (Å²) in [5.74, 6) is -4.19. The summed E-state index contributed by atoms with van der Waals surface area (Å²) in [6.07, 6.45) is 0.981. The van der Waals surface area contributed by atoms with Crippen LogP contribution in [0.5, 0.6) is 5.75 Å². The summed E-state index contributed by atoms with van der Waals surface area (Å²) in [5, 5.41) is 11.7. The summed E-state index contributed by atoms with van der Waals surface area (Å²) in [7, 11) is 0. The van der Waals surface area contributed by atoms with Gasteiger partial charge in [-0.2, -0.15) is 0 Å². The normalized spacial score (nSPS) is 12.1. The first-order chi connectivity index (χ1) is 11.8. The minimum atomic E-state index is -2.32. The van der Waals surface area contributed by atoms with Crippen LogP contribution in [0.1, 0.15) is 20.8 Å². The van der Waals surface area contributed by atoms with Gasteiger partial charge in [0, 0.05) is 13.3 Å². The van der Waals surface area contributed by atoms with E-state index < -0.39 is 35.6 Å². The van der Waals surface area contributed by atoms with Crippen molar-refractivity contribution in [3.63, 3.8) is 0 Å². The molecule has 0 aliphatic rings. The van der Waals surface area contributed by atoms with Gasteiger partial charge < -0.3 is 21.3 Å². The van der Waals surface area contributed by atoms with Crippen molar-refractivity contribution in [2.24, 2.45) is 0 Å². The third kappa shape index (κ3) is 6.12. The summed E-state index contributed by atoms with van der Waals surface area (Å²) in [6.45, 7) is 6.03. The molecular formula is C17H21FNNaO6. The standard InChI is InChI=1S/C17H20FNO6.Na.H/c1-4-8-25-14-9-12(6-7-13(14)18)10-17(15(21)22,19-11(3)20)16(23)24-5-2;;/h4,6-7,9H,1,5,8,10H2,2-3H3,(H,19,20)(H,21,22);;/q;+1;-1. The van der Waals surface area contributed by atoms with Gasteiger partial charge in [0.05, 0.1) is 6.61 Å². The van der Waals surface area contributed by atoms with Crippen LogP contribution in [0.4, 0.5) is 4.39 Å². The fourth-order valence-corrected chi connectivity index (χ4v) is 2.16. The summed E-state index contributed by atoms with van der Waals surface area (Å²) >= 11 is 0. The van der Waals surface area contributed by atoms with Gasteiger partial charge >= 0.3 is 41.5 Å². The van der Waals surface area contributed by atoms with Crippen LogP contribution in [-0.4, -0.2) is 41.7 Å². The molecule has 1 unspecified atom stereocenters. The number of benzene rings is 1. The van der Waals surface area contributed by atoms with Crippen LogP contribution in [0.2, 0.25) is 0 Å². The number of carbonyl (C=O) groups is 3. The van der Waals surface area contributed by atoms with Crippen LogP contribution in [0.25, 0.3) is 0 Å². The number of carboxylic acid groups (broad SMARTS) is 1. The molecule has 1 amide bonds. The molecule has 9 heteroatoms. The average Bonchev–Trinajstić information content (AvgIpc) is 2.54. The number of amides is 1. The molecule has 1 atom stereocenters. The number of aliphatic carboxylic acids is 1. The summed E-state index contributed by atoms with van der Waals surface area (Å²) in [5.41, 5.74) is -2.06. The number of nitrogens with one attached hydrogen (secondary N) is 1. The molecule has 138 valence electrons. The third-order valence-corrected chi connectivity index (χ3v) is 3.20. The Morgan fingerprint density at radius 3 is 2.58 bits per heavy atom. The van der Waals surface area contributed by atoms with Gasteiger partial charge in [0.2, 0.25) is 11.4 Å². The molecule has 0 saturated carbocycles. The Morgan fingerprint density at radius 1 is 1.42 bits per heavy atom. The maximum atomic E-state index is 13.7. The Bertz CT molecular complexity index is 687. The molecule has 0 aliphatic carbocycles. The van der Waals surface area contributed by atoms with Crippen LogP contribution in [0, 0.1) is 5.82 Å². The van der Waals surface area contributed by atoms with E-state index in [9.17, 15) is 23.9 Å². The van der Waals surface area contributed by atoms with Crippen molar-refractivity contribution in [3.05, 3.63) is 42.2 Å². The zero-order valence-electron chi connectivity index (χ0n) is 16.0. The van der Waals surface area contributed by atoms with Crippen LogP contribution in [0.15, 0.2) is 30.9 Å². The minimum Gasteiger partial charge on any atom is -1.00 e. The van der Waals surface area contributed by atoms with Crippen molar-refractivity contribution in [1.29, 1.82) is 0 Å². The predicted octanol–water partition coefficient (Wildman–Crippen LogP) is -1.43. The fourth-order valence-electron chi connectivity index (χ4n) is 2.16. The number of halogens is 1. The number of carboxylic acids is 1. The first kappa shape index (κ1) is 24.1. The maximum Gasteiger partial charge on any atom is 1.00 e. The number of carbonyl (C=O) groups excluding carboxylic acids is 2. The first-order valence-corrected chi connectivity index (χ1v) is 7.48. The number of rotatable bonds is 9. The zero-order chi connectivity index (χ0) is 19.0. The van der Waals surface area contributed by atoms with E-state index in [2.05, 4.69) is 11.9 Å². The zero-order valence-corrected chi connectivity index (χ0v) is 17.0. The van der Waals surface area contributed by atoms with Gasteiger partial charge in [-0.15, -0.1) is 0 Å². The Balaban J connectivity index is 0. The molecule has 0 fully saturated rings. The monoisotopic (exact) mass is 377 g/mol. The second-order valence-corrected chi connectivity index (χ2v) is 5.15. The summed E-state index contributed by atoms with van der Waals surface area (Å²) in [4.78, 5) is 35.4. The molecule has 1 aromatic carbocycles. The number of hydrogen-bond donors (Lipinski definition) is 2. The molecule has 0 aromatic heterocycles. The van der Waals surface area contributed by atoms with Gasteiger partial charge in [-0.25, -0.2) is 14.0 Å². The molecule has 0 heterocycles. The van der Waals surface area contributed by atoms with Gasteiger partial charge in [-0.3, -0.25) is 4.79 Å². The molecule has 0 radical (unpaired) electrons. The Morgan fingerprint density at radius 2 is 2.08 bits per heavy atom. The van der Waals surface area contributed by atoms with Crippen molar-refractivity contribution >= 4 is 17.8 Å². The van der Waals surface area contributed by atoms with E-state index in [1.165, 1.54) is 25.1 Å². The van der Waals surface area contributed by atoms with Crippen molar-refractivity contribution in [1.82, 2.24) is 5.32 Å². The van der Waals surface area contributed by atoms with E-state index in [1.807, 2.05) is 0 Å². The maximum absolute atomic E-state index is 13.7. The Labute approximate surface area is 174 Å². The number of hydrogen-bond acceptors (Lipinski definition) is 5. The molecule has 26 heavy (non-hydrogen) atoms. The first-order valence-electron chi connectivity index (χ1n) is 7.48. The van der Waals surface area contributed by atoms with E-state index >= 15 is 0 Å². The van der Waals surface area contributed by atoms with Crippen LogP contribution in [-0.2, 0) is 25.5 Å². The Kier molecular flexibility index (Phi) is 10.1. The van der Waals surface area contributed by atoms with Crippen molar-refractivity contribution < 1.29 is 64.3 Å². The van der Waals surface area contributed by atoms with Crippen molar-refractivity contribution in [2.75, 3.05) is 13.2 Å². The van der Waals surface area contributed by atoms with E-state index in [4.69, 9.17) is 9.47 Å². The molecule has 0 bridgehead atoms. The summed E-state index contributed by atoms with van der Waals surface area (Å²) < 4.78 is 23.7. The molecular weight excluding hydrogens is 356 g/mol. The van der Waals surface area contributed by atoms with Crippen molar-refractivity contribution in [2.45, 2.75) is 25.8 Å². The van der Waals surface area contributed by atoms with Crippen molar-refractivity contribution in [3.8, 4) is 5.75 Å². The van der Waals surface area contributed by atoms with E-state index in [0.717, 1.165) is 13.0 Å². The molecule has 7 nitrogen and oxygen atoms in total. The molecule has 0 aliphatic heterocycles. The largest absolute Gasteiger partial charge is 1.00 e. The van der Waals surface area contributed by atoms with Gasteiger partial charge in [0.1, 0.15) is 6.61 Å². The molecule has 1 aromatic rings. The molecule has 0 saturated heterocycles. The van der Waals surface area contributed by atoms with Gasteiger partial charge in [-0.05, 0) is 24.6 Å². The summed E-state index contributed by atoms with van der Waals surface area (Å²) in [6, 6.07) is 3.64. The molecule has 0 spiro atoms. The van der Waals surface area contributed by atoms with Crippen LogP contribution >= 0.6 is 0 Å². The van der Waals surface area contributed by atoms with Gasteiger partial charge in [-0.1, -0.05) is 18.7 Å². The van der Waals surface area contributed by atoms with Gasteiger partial charge in [0.25, 0.3) is 0 Å². The smallest absolute Gasteiger partial charge is 1.00 e. The molecule has 2 N–H and O–H groups in total. The third-order valence-electron chi connectivity index (χ3n) is 3.20. The average molecular weight is 377 g/mol. The second kappa shape index (κ2) is 10.9. The topological polar surface area (TPSA) is 102 Å². The SMILES string of the molecule is C=CCOc1cc(CC(NC(C)=O)(C(=O)O)C(=O)OCC)ccc1F.[H-].[Na+]. The fraction of sp³-hybridized carbons (Fsp3) is 0.353. The van der Waals surface area contributed by atoms with Crippen LogP contribution in [0.3, 0.4) is 0 Å². The quantitative estimate of drug-likeness (QED) is 0.237. The van der Waals surface area contributed by atoms with E-state index in [-0.39, 0.29) is 55.5 Å². The molecule has 1 rings (SSSR count). The van der Waals surface area contributed by atoms with E-state index in [1.54, 1.807) is 0 Å². The predicted molar refractivity (Wildman–Crippen MR) is 87.7 cm³/mol. The second-order valence-electron chi connectivity index (χ2n) is 5.15. The number of ether oxygens (including phenoxy) is 2. The van der Waals surface area contributed by atoms with E-state index in [0.29, 0.717) is 0 Å². The Hall–Kier alpha value is -1.90. The van der Waals surface area contributed by atoms with Crippen LogP contribution < -0.4 is 39.6 Å². The number of esters is 1. The minimum absolute atomic E-state index is 0. The van der Waals surface area contributed by atoms with Gasteiger partial charge in [0.15, 0.2) is 11.6 Å².